The fourth-order valence-electron chi connectivity index (χ4n) is 7.91. The van der Waals surface area contributed by atoms with Crippen molar-refractivity contribution < 1.29 is 61.0 Å². The van der Waals surface area contributed by atoms with Gasteiger partial charge in [-0.25, -0.2) is 35.5 Å². The Balaban J connectivity index is 0.00000106. The molecule has 4 saturated carbocycles. The second-order valence-corrected chi connectivity index (χ2v) is 25.9. The van der Waals surface area contributed by atoms with Gasteiger partial charge < -0.3 is 48.5 Å². The predicted octanol–water partition coefficient (Wildman–Crippen LogP) is 6.37. The van der Waals surface area contributed by atoms with Crippen LogP contribution < -0.4 is 56.5 Å². The minimum atomic E-state index is -3.76. The minimum absolute atomic E-state index is 0. The van der Waals surface area contributed by atoms with Crippen molar-refractivity contribution in [3.8, 4) is 0 Å². The van der Waals surface area contributed by atoms with Crippen LogP contribution in [-0.4, -0.2) is 126 Å². The fourth-order valence-corrected chi connectivity index (χ4v) is 9.92. The summed E-state index contributed by atoms with van der Waals surface area (Å²) in [4.78, 5) is 42.8. The molecule has 4 aromatic rings. The molecular formula is C57H92AlCl2LiN10O9S2. The summed E-state index contributed by atoms with van der Waals surface area (Å²) in [6, 6.07) is 18.3. The molecule has 2 aromatic carbocycles. The van der Waals surface area contributed by atoms with E-state index >= 15 is 0 Å². The molecule has 0 spiro atoms. The van der Waals surface area contributed by atoms with Crippen LogP contribution in [0.25, 0.3) is 0 Å². The van der Waals surface area contributed by atoms with E-state index in [-0.39, 0.29) is 77.6 Å². The van der Waals surface area contributed by atoms with Crippen LogP contribution in [0, 0.1) is 23.7 Å². The molecule has 1 saturated heterocycles. The Kier molecular flexibility index (Phi) is 38.1. The van der Waals surface area contributed by atoms with Crippen LogP contribution in [0.2, 0.25) is 0 Å². The number of rotatable bonds is 16. The van der Waals surface area contributed by atoms with Crippen molar-refractivity contribution >= 4 is 89.1 Å². The number of nitrogens with two attached hydrogens (primary N) is 1. The number of pyridine rings is 2. The Hall–Kier alpha value is -4.00. The quantitative estimate of drug-likeness (QED) is 0.0476. The third-order valence-corrected chi connectivity index (χ3v) is 16.8. The molecule has 9 rings (SSSR count). The first-order chi connectivity index (χ1) is 37.7. The summed E-state index contributed by atoms with van der Waals surface area (Å²) in [7, 11) is 1.59. The van der Waals surface area contributed by atoms with Crippen LogP contribution in [0.3, 0.4) is 0 Å². The number of nitrogens with zero attached hydrogens (tertiary/aromatic N) is 3. The molecule has 2 aromatic heterocycles. The minimum Gasteiger partial charge on any atom is -1.00 e. The van der Waals surface area contributed by atoms with E-state index in [9.17, 15) is 31.2 Å². The average Bonchev–Trinajstić information content (AvgIpc) is 3.96. The molecule has 3 heterocycles. The number of aromatic nitrogens is 2. The van der Waals surface area contributed by atoms with Gasteiger partial charge in [-0.15, -0.1) is 12.4 Å². The molecule has 82 heavy (non-hydrogen) atoms. The maximum absolute atomic E-state index is 12.6. The maximum Gasteiger partial charge on any atom is 1.00 e. The van der Waals surface area contributed by atoms with Gasteiger partial charge in [-0.3, -0.25) is 9.97 Å². The van der Waals surface area contributed by atoms with Crippen molar-refractivity contribution in [1.82, 2.24) is 35.5 Å². The number of anilines is 2. The molecule has 0 bridgehead atoms. The Morgan fingerprint density at radius 2 is 1.05 bits per heavy atom. The van der Waals surface area contributed by atoms with Gasteiger partial charge >= 0.3 is 37.0 Å². The normalized spacial score (nSPS) is 15.5. The summed E-state index contributed by atoms with van der Waals surface area (Å²) >= 11 is 0. The smallest absolute Gasteiger partial charge is 1.00 e. The number of benzene rings is 2. The SMILES string of the molecule is C1CCOC1.CC(C)(C)OC(=O)NCC1CCC1.CN(CC1CCC1)S(=O)(=O)c1ccc(NC(=O)NCc2ccncc2)cc1.CNCC1CCC1.Cl.NCC1CCC1.O=C(NCc1ccncc1)Nc1ccc(S(=O)(=O)Cl)cc1.[AlH3].[H-].[Li+]. The number of hydrogen-bond donors (Lipinski definition) is 7. The third-order valence-electron chi connectivity index (χ3n) is 13.6. The largest absolute Gasteiger partial charge is 1.00 e. The van der Waals surface area contributed by atoms with Gasteiger partial charge in [-0.1, -0.05) is 25.7 Å². The van der Waals surface area contributed by atoms with Gasteiger partial charge in [-0.05, 0) is 213 Å². The van der Waals surface area contributed by atoms with E-state index in [1.165, 1.54) is 124 Å². The van der Waals surface area contributed by atoms with Crippen molar-refractivity contribution in [3.05, 3.63) is 109 Å². The van der Waals surface area contributed by atoms with Gasteiger partial charge in [0.1, 0.15) is 5.60 Å². The summed E-state index contributed by atoms with van der Waals surface area (Å²) in [5.74, 6) is 3.07. The Morgan fingerprint density at radius 1 is 0.646 bits per heavy atom. The zero-order valence-corrected chi connectivity index (χ0v) is 51.5. The monoisotopic (exact) mass is 1230 g/mol. The van der Waals surface area contributed by atoms with Crippen LogP contribution >= 0.6 is 23.1 Å². The summed E-state index contributed by atoms with van der Waals surface area (Å²) in [5, 5.41) is 16.6. The number of urea groups is 2. The van der Waals surface area contributed by atoms with E-state index in [4.69, 9.17) is 25.9 Å². The van der Waals surface area contributed by atoms with Gasteiger partial charge in [0.05, 0.1) is 9.79 Å². The maximum atomic E-state index is 12.6. The summed E-state index contributed by atoms with van der Waals surface area (Å²) in [6.45, 7) is 11.8. The first-order valence-corrected chi connectivity index (χ1v) is 31.4. The van der Waals surface area contributed by atoms with E-state index < -0.39 is 25.1 Å². The van der Waals surface area contributed by atoms with Crippen LogP contribution in [0.15, 0.2) is 107 Å². The first kappa shape index (κ1) is 76.0. The van der Waals surface area contributed by atoms with Crippen LogP contribution in [0.5, 0.6) is 0 Å². The molecule has 1 aliphatic heterocycles. The Morgan fingerprint density at radius 3 is 1.35 bits per heavy atom. The number of hydrogen-bond acceptors (Lipinski definition) is 13. The molecule has 25 heteroatoms. The number of carbonyl (C=O) groups excluding carboxylic acids is 3. The number of amides is 5. The second kappa shape index (κ2) is 41.1. The van der Waals surface area contributed by atoms with Crippen molar-refractivity contribution in [3.63, 3.8) is 0 Å². The van der Waals surface area contributed by atoms with Crippen LogP contribution in [0.1, 0.15) is 123 Å². The molecule has 454 valence electrons. The van der Waals surface area contributed by atoms with Crippen LogP contribution in [-0.2, 0) is 41.6 Å². The van der Waals surface area contributed by atoms with E-state index in [0.29, 0.717) is 42.8 Å². The number of nitrogens with one attached hydrogen (secondary N) is 6. The van der Waals surface area contributed by atoms with Crippen molar-refractivity contribution in [2.24, 2.45) is 29.4 Å². The molecule has 0 radical (unpaired) electrons. The number of ether oxygens (including phenoxy) is 2. The molecule has 5 aliphatic rings. The van der Waals surface area contributed by atoms with Crippen LogP contribution in [0.4, 0.5) is 25.8 Å². The number of sulfonamides is 1. The van der Waals surface area contributed by atoms with E-state index in [1.54, 1.807) is 56.1 Å². The predicted molar refractivity (Wildman–Crippen MR) is 331 cm³/mol. The van der Waals surface area contributed by atoms with Crippen molar-refractivity contribution in [2.45, 2.75) is 139 Å². The summed E-state index contributed by atoms with van der Waals surface area (Å²) < 4.78 is 58.9. The standard InChI is InChI=1S/C19H24N4O3S.C13H12ClN3O3S.C10H19NO2.C6H13N.C5H11N.C4H8O.Al.ClH.Li.4H/c1-23(14-16-3-2-4-16)27(25,26)18-7-5-17(6-8-18)22-19(24)21-13-15-9-11-20-12-10-15;14-21(19,20)12-3-1-11(2-4-12)17-13(18)16-9-10-5-7-15-8-6-10;1-10(2,3)13-9(12)11-7-8-5-4-6-8;1-7-5-6-3-2-4-6;6-4-5-2-1-3-5;1-2-4-5-3-1;;;;;;;/h5-12,16H,2-4,13-14H2,1H3,(H2,21,22,24);1-8H,9H2,(H2,16,17,18);8H,4-7H2,1-3H3,(H,11,12);6-7H,2-5H2,1H3;5H,1-4,6H2;1-4H2;;1H;;;;;/q;;;;;;;;+1;;;;-1. The van der Waals surface area contributed by atoms with Crippen molar-refractivity contribution in [1.29, 1.82) is 0 Å². The molecule has 8 N–H and O–H groups in total. The van der Waals surface area contributed by atoms with E-state index in [1.807, 2.05) is 40.0 Å². The fraction of sp³-hybridized carbons (Fsp3) is 0.561. The van der Waals surface area contributed by atoms with E-state index in [0.717, 1.165) is 62.1 Å². The van der Waals surface area contributed by atoms with Gasteiger partial charge in [0.2, 0.25) is 10.0 Å². The van der Waals surface area contributed by atoms with Crippen molar-refractivity contribution in [2.75, 3.05) is 64.1 Å². The molecule has 4 aliphatic carbocycles. The molecule has 5 amide bonds. The van der Waals surface area contributed by atoms with Gasteiger partial charge in [0.15, 0.2) is 17.4 Å². The average molecular weight is 1230 g/mol. The zero-order chi connectivity index (χ0) is 57.5. The zero-order valence-electron chi connectivity index (χ0n) is 49.3. The van der Waals surface area contributed by atoms with Gasteiger partial charge in [-0.2, -0.15) is 0 Å². The molecular weight excluding hydrogens is 1140 g/mol. The van der Waals surface area contributed by atoms with Gasteiger partial charge in [0.25, 0.3) is 9.05 Å². The van der Waals surface area contributed by atoms with E-state index in [2.05, 4.69) is 41.9 Å². The number of alkyl carbamates (subject to hydrolysis) is 1. The van der Waals surface area contributed by atoms with Gasteiger partial charge in [0, 0.05) is 93.3 Å². The molecule has 0 atom stereocenters. The topological polar surface area (TPSA) is 265 Å². The Labute approximate surface area is 523 Å². The summed E-state index contributed by atoms with van der Waals surface area (Å²) in [5.41, 5.74) is 7.80. The summed E-state index contributed by atoms with van der Waals surface area (Å²) in [6.07, 6.45) is 24.6. The number of halogens is 2. The molecule has 5 fully saturated rings. The Bertz CT molecular complexity index is 2600. The molecule has 19 nitrogen and oxygen atoms in total. The third kappa shape index (κ3) is 31.8. The first-order valence-electron chi connectivity index (χ1n) is 27.6. The second-order valence-electron chi connectivity index (χ2n) is 21.3. The number of carbonyl (C=O) groups is 3. The molecule has 0 unspecified atom stereocenters.